The molecule has 0 saturated carbocycles. The minimum Gasteiger partial charge on any atom is -0.335 e. The molecule has 0 unspecified atom stereocenters. The summed E-state index contributed by atoms with van der Waals surface area (Å²) in [6, 6.07) is 9.38. The standard InChI is InChI=1S/C16H14ClFN2O2/c17-13-3-1-2-12(8-13)16(18)6-7-20(10-16)15(22)11-4-5-14(21)19-9-11/h1-5,8-9H,6-7,10H2,(H,19,21)/t16-/m0/s1. The first-order chi connectivity index (χ1) is 10.5. The van der Waals surface area contributed by atoms with Gasteiger partial charge in [0.25, 0.3) is 5.91 Å². The number of carbonyl (C=O) groups is 1. The van der Waals surface area contributed by atoms with Crippen LogP contribution in [0.25, 0.3) is 0 Å². The van der Waals surface area contributed by atoms with Crippen molar-refractivity contribution < 1.29 is 9.18 Å². The number of nitrogens with one attached hydrogen (secondary N) is 1. The Morgan fingerprint density at radius 3 is 2.82 bits per heavy atom. The molecule has 1 amide bonds. The van der Waals surface area contributed by atoms with E-state index in [0.717, 1.165) is 0 Å². The number of alkyl halides is 1. The van der Waals surface area contributed by atoms with Crippen LogP contribution >= 0.6 is 11.6 Å². The Kier molecular flexibility index (Phi) is 3.74. The molecule has 1 aliphatic rings. The molecule has 4 nitrogen and oxygen atoms in total. The molecule has 0 aliphatic carbocycles. The number of halogens is 2. The summed E-state index contributed by atoms with van der Waals surface area (Å²) < 4.78 is 15.1. The van der Waals surface area contributed by atoms with Gasteiger partial charge in [0.15, 0.2) is 5.67 Å². The summed E-state index contributed by atoms with van der Waals surface area (Å²) in [6.07, 6.45) is 1.57. The van der Waals surface area contributed by atoms with Gasteiger partial charge in [0.1, 0.15) is 0 Å². The van der Waals surface area contributed by atoms with E-state index in [0.29, 0.717) is 22.7 Å². The summed E-state index contributed by atoms with van der Waals surface area (Å²) in [5.74, 6) is -0.294. The fourth-order valence-electron chi connectivity index (χ4n) is 2.68. The molecule has 0 bridgehead atoms. The van der Waals surface area contributed by atoms with E-state index >= 15 is 4.39 Å². The first-order valence-electron chi connectivity index (χ1n) is 6.91. The van der Waals surface area contributed by atoms with Gasteiger partial charge in [0, 0.05) is 30.3 Å². The maximum absolute atomic E-state index is 15.1. The molecule has 2 heterocycles. The van der Waals surface area contributed by atoms with Crippen molar-refractivity contribution in [1.29, 1.82) is 0 Å². The fraction of sp³-hybridized carbons (Fsp3) is 0.250. The second-order valence-electron chi connectivity index (χ2n) is 5.39. The second-order valence-corrected chi connectivity index (χ2v) is 5.83. The number of H-pyrrole nitrogens is 1. The van der Waals surface area contributed by atoms with Gasteiger partial charge in [-0.2, -0.15) is 0 Å². The van der Waals surface area contributed by atoms with Crippen LogP contribution in [0, 0.1) is 0 Å². The average molecular weight is 321 g/mol. The van der Waals surface area contributed by atoms with Crippen LogP contribution in [-0.2, 0) is 5.67 Å². The molecule has 1 aromatic heterocycles. The van der Waals surface area contributed by atoms with Crippen molar-refractivity contribution in [1.82, 2.24) is 9.88 Å². The van der Waals surface area contributed by atoms with Gasteiger partial charge in [-0.05, 0) is 23.8 Å². The molecule has 1 aromatic carbocycles. The van der Waals surface area contributed by atoms with Gasteiger partial charge >= 0.3 is 0 Å². The molecule has 3 rings (SSSR count). The lowest BCUT2D eigenvalue weighted by atomic mass is 9.95. The Hall–Kier alpha value is -2.14. The molecule has 0 radical (unpaired) electrons. The van der Waals surface area contributed by atoms with Crippen molar-refractivity contribution in [2.45, 2.75) is 12.1 Å². The van der Waals surface area contributed by atoms with E-state index in [1.165, 1.54) is 23.2 Å². The number of nitrogens with zero attached hydrogens (tertiary/aromatic N) is 1. The number of hydrogen-bond donors (Lipinski definition) is 1. The van der Waals surface area contributed by atoms with Crippen molar-refractivity contribution in [3.63, 3.8) is 0 Å². The minimum atomic E-state index is -1.59. The summed E-state index contributed by atoms with van der Waals surface area (Å²) in [6.45, 7) is 0.298. The van der Waals surface area contributed by atoms with E-state index in [1.807, 2.05) is 0 Å². The maximum atomic E-state index is 15.1. The third-order valence-corrected chi connectivity index (χ3v) is 4.11. The van der Waals surface area contributed by atoms with Crippen molar-refractivity contribution >= 4 is 17.5 Å². The number of pyridine rings is 1. The van der Waals surface area contributed by atoms with Crippen LogP contribution in [-0.4, -0.2) is 28.9 Å². The van der Waals surface area contributed by atoms with Crippen LogP contribution in [0.1, 0.15) is 22.3 Å². The molecule has 1 aliphatic heterocycles. The molecular formula is C16H14ClFN2O2. The quantitative estimate of drug-likeness (QED) is 0.925. The summed E-state index contributed by atoms with van der Waals surface area (Å²) >= 11 is 5.91. The van der Waals surface area contributed by atoms with E-state index in [9.17, 15) is 9.59 Å². The number of likely N-dealkylation sites (tertiary alicyclic amines) is 1. The zero-order valence-electron chi connectivity index (χ0n) is 11.7. The lowest BCUT2D eigenvalue weighted by molar-refractivity contribution is 0.0750. The van der Waals surface area contributed by atoms with Gasteiger partial charge in [-0.1, -0.05) is 23.7 Å². The van der Waals surface area contributed by atoms with Gasteiger partial charge in [-0.15, -0.1) is 0 Å². The van der Waals surface area contributed by atoms with Gasteiger partial charge in [-0.25, -0.2) is 4.39 Å². The van der Waals surface area contributed by atoms with Gasteiger partial charge in [0.05, 0.1) is 12.1 Å². The van der Waals surface area contributed by atoms with E-state index < -0.39 is 5.67 Å². The third kappa shape index (κ3) is 2.76. The Morgan fingerprint density at radius 2 is 2.14 bits per heavy atom. The maximum Gasteiger partial charge on any atom is 0.255 e. The van der Waals surface area contributed by atoms with Crippen LogP contribution in [0.3, 0.4) is 0 Å². The molecule has 22 heavy (non-hydrogen) atoms. The van der Waals surface area contributed by atoms with Crippen LogP contribution < -0.4 is 5.56 Å². The monoisotopic (exact) mass is 320 g/mol. The Balaban J connectivity index is 1.80. The highest BCUT2D eigenvalue weighted by molar-refractivity contribution is 6.30. The van der Waals surface area contributed by atoms with Crippen molar-refractivity contribution in [3.8, 4) is 0 Å². The molecule has 6 heteroatoms. The Morgan fingerprint density at radius 1 is 1.32 bits per heavy atom. The average Bonchev–Trinajstić information content (AvgIpc) is 2.91. The molecule has 1 saturated heterocycles. The largest absolute Gasteiger partial charge is 0.335 e. The normalized spacial score (nSPS) is 21.1. The highest BCUT2D eigenvalue weighted by Gasteiger charge is 2.42. The summed E-state index contributed by atoms with van der Waals surface area (Å²) in [7, 11) is 0. The molecule has 114 valence electrons. The Bertz CT molecular complexity index is 756. The lowest BCUT2D eigenvalue weighted by Crippen LogP contribution is -2.32. The highest BCUT2D eigenvalue weighted by atomic mass is 35.5. The van der Waals surface area contributed by atoms with Crippen LogP contribution in [0.5, 0.6) is 0 Å². The highest BCUT2D eigenvalue weighted by Crippen LogP contribution is 2.37. The molecule has 1 fully saturated rings. The minimum absolute atomic E-state index is 0.0225. The van der Waals surface area contributed by atoms with E-state index in [-0.39, 0.29) is 24.4 Å². The Labute approximate surface area is 131 Å². The number of aromatic amines is 1. The van der Waals surface area contributed by atoms with Crippen LogP contribution in [0.2, 0.25) is 5.02 Å². The van der Waals surface area contributed by atoms with E-state index in [2.05, 4.69) is 4.98 Å². The fourth-order valence-corrected chi connectivity index (χ4v) is 2.87. The lowest BCUT2D eigenvalue weighted by Gasteiger charge is -2.21. The van der Waals surface area contributed by atoms with Crippen LogP contribution in [0.15, 0.2) is 47.4 Å². The number of rotatable bonds is 2. The van der Waals surface area contributed by atoms with Gasteiger partial charge in [0.2, 0.25) is 5.56 Å². The van der Waals surface area contributed by atoms with Gasteiger partial charge in [-0.3, -0.25) is 9.59 Å². The summed E-state index contributed by atoms with van der Waals surface area (Å²) in [5.41, 5.74) is -1.05. The number of amides is 1. The molecule has 2 aromatic rings. The van der Waals surface area contributed by atoms with Gasteiger partial charge < -0.3 is 9.88 Å². The number of hydrogen-bond acceptors (Lipinski definition) is 2. The molecular weight excluding hydrogens is 307 g/mol. The van der Waals surface area contributed by atoms with E-state index in [1.54, 1.807) is 24.3 Å². The predicted molar refractivity (Wildman–Crippen MR) is 81.8 cm³/mol. The number of aromatic nitrogens is 1. The zero-order chi connectivity index (χ0) is 15.7. The first kappa shape index (κ1) is 14.8. The van der Waals surface area contributed by atoms with Crippen molar-refractivity contribution in [2.75, 3.05) is 13.1 Å². The topological polar surface area (TPSA) is 53.2 Å². The zero-order valence-corrected chi connectivity index (χ0v) is 12.4. The summed E-state index contributed by atoms with van der Waals surface area (Å²) in [4.78, 5) is 27.3. The number of carbonyl (C=O) groups excluding carboxylic acids is 1. The van der Waals surface area contributed by atoms with Crippen LogP contribution in [0.4, 0.5) is 4.39 Å². The van der Waals surface area contributed by atoms with Crippen molar-refractivity contribution in [2.24, 2.45) is 0 Å². The van der Waals surface area contributed by atoms with Crippen molar-refractivity contribution in [3.05, 3.63) is 69.1 Å². The smallest absolute Gasteiger partial charge is 0.255 e. The molecule has 1 N–H and O–H groups in total. The molecule has 0 spiro atoms. The molecule has 1 atom stereocenters. The second kappa shape index (κ2) is 5.57. The first-order valence-corrected chi connectivity index (χ1v) is 7.29. The number of benzene rings is 1. The summed E-state index contributed by atoms with van der Waals surface area (Å²) in [5, 5.41) is 0.472. The van der Waals surface area contributed by atoms with E-state index in [4.69, 9.17) is 11.6 Å². The third-order valence-electron chi connectivity index (χ3n) is 3.88. The SMILES string of the molecule is O=C(c1ccc(=O)[nH]c1)N1CC[C@@](F)(c2cccc(Cl)c2)C1. The predicted octanol–water partition coefficient (Wildman–Crippen LogP) is 2.74.